The van der Waals surface area contributed by atoms with E-state index < -0.39 is 0 Å². The summed E-state index contributed by atoms with van der Waals surface area (Å²) in [5.41, 5.74) is 0. The Balaban J connectivity index is 2.45. The van der Waals surface area contributed by atoms with Crippen LogP contribution in [0.2, 0.25) is 12.1 Å². The lowest BCUT2D eigenvalue weighted by atomic mass is 10.4. The molecule has 0 rings (SSSR count). The number of unbranched alkanes of at least 4 members (excludes halogenated alkanes) is 1. The lowest BCUT2D eigenvalue weighted by Crippen LogP contribution is -1.82. The van der Waals surface area contributed by atoms with Crippen molar-refractivity contribution in [1.82, 2.24) is 0 Å². The lowest BCUT2D eigenvalue weighted by Gasteiger charge is -1.89. The molecule has 0 spiro atoms. The van der Waals surface area contributed by atoms with Gasteiger partial charge in [0.1, 0.15) is 0 Å². The Hall–Kier alpha value is 0.217. The molecule has 7 heavy (non-hydrogen) atoms. The van der Waals surface area contributed by atoms with Crippen molar-refractivity contribution in [3.8, 4) is 0 Å². The van der Waals surface area contributed by atoms with Gasteiger partial charge in [0, 0.05) is 9.52 Å². The summed E-state index contributed by atoms with van der Waals surface area (Å²) in [6, 6.07) is 3.08. The number of hydrogen-bond acceptors (Lipinski definition) is 0. The molecule has 0 aromatic carbocycles. The van der Waals surface area contributed by atoms with Gasteiger partial charge < -0.3 is 0 Å². The first-order valence-electron chi connectivity index (χ1n) is 3.41. The van der Waals surface area contributed by atoms with E-state index in [-0.39, 0.29) is 0 Å². The molecule has 0 nitrogen and oxygen atoms in total. The van der Waals surface area contributed by atoms with Crippen molar-refractivity contribution in [1.29, 1.82) is 0 Å². The lowest BCUT2D eigenvalue weighted by molar-refractivity contribution is 0.877. The van der Waals surface area contributed by atoms with Crippen molar-refractivity contribution in [2.45, 2.75) is 38.8 Å². The minimum Gasteiger partial charge on any atom is -0.0683 e. The van der Waals surface area contributed by atoms with Crippen LogP contribution >= 0.6 is 0 Å². The van der Waals surface area contributed by atoms with Gasteiger partial charge in [-0.25, -0.2) is 0 Å². The van der Waals surface area contributed by atoms with Crippen LogP contribution < -0.4 is 0 Å². The van der Waals surface area contributed by atoms with Crippen LogP contribution in [0.25, 0.3) is 0 Å². The Morgan fingerprint density at radius 2 is 2.00 bits per heavy atom. The SMILES string of the molecule is CCCC[SiH2]CC. The maximum Gasteiger partial charge on any atom is 0.0195 e. The summed E-state index contributed by atoms with van der Waals surface area (Å²) >= 11 is 0. The fourth-order valence-electron chi connectivity index (χ4n) is 0.677. The molecule has 0 fully saturated rings. The fraction of sp³-hybridized carbons (Fsp3) is 1.00. The maximum atomic E-state index is 2.31. The Kier molecular flexibility index (Phi) is 6.41. The van der Waals surface area contributed by atoms with E-state index in [1.165, 1.54) is 18.9 Å². The minimum absolute atomic E-state index is 0.411. The first-order valence-corrected chi connectivity index (χ1v) is 5.41. The average molecular weight is 116 g/mol. The van der Waals surface area contributed by atoms with Crippen LogP contribution in [0.3, 0.4) is 0 Å². The van der Waals surface area contributed by atoms with Crippen LogP contribution in [0.4, 0.5) is 0 Å². The maximum absolute atomic E-state index is 2.31. The van der Waals surface area contributed by atoms with Gasteiger partial charge in [0.05, 0.1) is 0 Å². The molecule has 0 aliphatic carbocycles. The Labute approximate surface area is 49.1 Å². The predicted octanol–water partition coefficient (Wildman–Crippen LogP) is 1.81. The summed E-state index contributed by atoms with van der Waals surface area (Å²) in [6.07, 6.45) is 2.88. The molecule has 0 aliphatic heterocycles. The fourth-order valence-corrected chi connectivity index (χ4v) is 2.03. The van der Waals surface area contributed by atoms with Crippen LogP contribution in [0.5, 0.6) is 0 Å². The van der Waals surface area contributed by atoms with Crippen molar-refractivity contribution < 1.29 is 0 Å². The van der Waals surface area contributed by atoms with E-state index in [2.05, 4.69) is 13.8 Å². The van der Waals surface area contributed by atoms with E-state index in [0.717, 1.165) is 0 Å². The van der Waals surface area contributed by atoms with E-state index in [4.69, 9.17) is 0 Å². The molecule has 0 radical (unpaired) electrons. The van der Waals surface area contributed by atoms with Crippen LogP contribution in [0.15, 0.2) is 0 Å². The third-order valence-corrected chi connectivity index (χ3v) is 2.91. The summed E-state index contributed by atoms with van der Waals surface area (Å²) in [4.78, 5) is 0. The summed E-state index contributed by atoms with van der Waals surface area (Å²) in [7, 11) is 0.411. The van der Waals surface area contributed by atoms with Crippen molar-refractivity contribution in [2.24, 2.45) is 0 Å². The minimum atomic E-state index is 0.411. The van der Waals surface area contributed by atoms with Crippen LogP contribution in [-0.4, -0.2) is 9.52 Å². The quantitative estimate of drug-likeness (QED) is 0.388. The van der Waals surface area contributed by atoms with E-state index in [9.17, 15) is 0 Å². The van der Waals surface area contributed by atoms with Crippen molar-refractivity contribution >= 4 is 9.52 Å². The normalized spacial score (nSPS) is 11.1. The highest BCUT2D eigenvalue weighted by molar-refractivity contribution is 6.35. The van der Waals surface area contributed by atoms with E-state index >= 15 is 0 Å². The molecule has 44 valence electrons. The van der Waals surface area contributed by atoms with Crippen molar-refractivity contribution in [2.75, 3.05) is 0 Å². The van der Waals surface area contributed by atoms with Gasteiger partial charge in [0.2, 0.25) is 0 Å². The molecule has 0 aromatic rings. The van der Waals surface area contributed by atoms with Gasteiger partial charge in [-0.2, -0.15) is 0 Å². The molecule has 0 saturated heterocycles. The standard InChI is InChI=1S/C6H16Si/c1-3-5-6-7-4-2/h3-7H2,1-2H3. The van der Waals surface area contributed by atoms with Gasteiger partial charge in [0.25, 0.3) is 0 Å². The largest absolute Gasteiger partial charge is 0.0683 e. The summed E-state index contributed by atoms with van der Waals surface area (Å²) < 4.78 is 0. The second-order valence-corrected chi connectivity index (χ2v) is 4.47. The van der Waals surface area contributed by atoms with Crippen molar-refractivity contribution in [3.05, 3.63) is 0 Å². The zero-order chi connectivity index (χ0) is 5.54. The molecule has 0 atom stereocenters. The molecule has 0 saturated carbocycles. The topological polar surface area (TPSA) is 0 Å². The molecular formula is C6H16Si. The summed E-state index contributed by atoms with van der Waals surface area (Å²) in [5, 5.41) is 0. The second kappa shape index (κ2) is 6.22. The second-order valence-electron chi connectivity index (χ2n) is 2.06. The molecule has 0 bridgehead atoms. The Morgan fingerprint density at radius 3 is 2.43 bits per heavy atom. The van der Waals surface area contributed by atoms with Gasteiger partial charge in [-0.15, -0.1) is 0 Å². The first kappa shape index (κ1) is 7.22. The highest BCUT2D eigenvalue weighted by Crippen LogP contribution is 1.94. The summed E-state index contributed by atoms with van der Waals surface area (Å²) in [6.45, 7) is 4.58. The summed E-state index contributed by atoms with van der Waals surface area (Å²) in [5.74, 6) is 0. The van der Waals surface area contributed by atoms with Gasteiger partial charge in [-0.05, 0) is 0 Å². The van der Waals surface area contributed by atoms with E-state index in [1.54, 1.807) is 6.04 Å². The molecule has 0 aliphatic rings. The predicted molar refractivity (Wildman–Crippen MR) is 38.7 cm³/mol. The number of hydrogen-bond donors (Lipinski definition) is 0. The Bertz CT molecular complexity index is 23.4. The van der Waals surface area contributed by atoms with Gasteiger partial charge >= 0.3 is 0 Å². The monoisotopic (exact) mass is 116 g/mol. The zero-order valence-electron chi connectivity index (χ0n) is 5.54. The molecule has 0 N–H and O–H groups in total. The third-order valence-electron chi connectivity index (χ3n) is 1.21. The number of rotatable bonds is 4. The molecule has 0 amide bonds. The zero-order valence-corrected chi connectivity index (χ0v) is 6.95. The van der Waals surface area contributed by atoms with E-state index in [1.807, 2.05) is 0 Å². The van der Waals surface area contributed by atoms with Crippen LogP contribution in [0, 0.1) is 0 Å². The molecule has 0 heterocycles. The molecule has 0 aromatic heterocycles. The molecule has 1 heteroatoms. The van der Waals surface area contributed by atoms with Gasteiger partial charge in [-0.3, -0.25) is 0 Å². The Morgan fingerprint density at radius 1 is 1.29 bits per heavy atom. The molecular weight excluding hydrogens is 100 g/mol. The van der Waals surface area contributed by atoms with Crippen LogP contribution in [-0.2, 0) is 0 Å². The highest BCUT2D eigenvalue weighted by atomic mass is 28.2. The van der Waals surface area contributed by atoms with Crippen molar-refractivity contribution in [3.63, 3.8) is 0 Å². The smallest absolute Gasteiger partial charge is 0.0195 e. The van der Waals surface area contributed by atoms with Crippen LogP contribution in [0.1, 0.15) is 26.7 Å². The first-order chi connectivity index (χ1) is 3.41. The highest BCUT2D eigenvalue weighted by Gasteiger charge is 1.81. The van der Waals surface area contributed by atoms with E-state index in [0.29, 0.717) is 9.52 Å². The molecule has 0 unspecified atom stereocenters. The third kappa shape index (κ3) is 6.22. The average Bonchev–Trinajstić information content (AvgIpc) is 1.69. The van der Waals surface area contributed by atoms with Gasteiger partial charge in [0.15, 0.2) is 0 Å². The van der Waals surface area contributed by atoms with Gasteiger partial charge in [-0.1, -0.05) is 38.8 Å².